The zero-order valence-electron chi connectivity index (χ0n) is 19.7. The number of nitrogens with one attached hydrogen (secondary N) is 2. The van der Waals surface area contributed by atoms with Crippen LogP contribution in [-0.2, 0) is 32.1 Å². The number of hydrogen-bond acceptors (Lipinski definition) is 5. The minimum Gasteiger partial charge on any atom is -0.381 e. The Morgan fingerprint density at radius 3 is 2.56 bits per heavy atom. The van der Waals surface area contributed by atoms with Crippen LogP contribution in [0.3, 0.4) is 0 Å². The largest absolute Gasteiger partial charge is 0.381 e. The molecule has 180 valence electrons. The number of aliphatic imine (C=N–C) groups is 1. The lowest BCUT2D eigenvalue weighted by Crippen LogP contribution is -2.38. The predicted molar refractivity (Wildman–Crippen MR) is 127 cm³/mol. The van der Waals surface area contributed by atoms with Crippen LogP contribution >= 0.6 is 0 Å². The van der Waals surface area contributed by atoms with E-state index in [0.29, 0.717) is 25.2 Å². The number of nitrogens with zero attached hydrogens (tertiary/aromatic N) is 1. The van der Waals surface area contributed by atoms with Crippen LogP contribution in [-0.4, -0.2) is 64.8 Å². The van der Waals surface area contributed by atoms with Gasteiger partial charge in [0.05, 0.1) is 19.3 Å². The third-order valence-corrected chi connectivity index (χ3v) is 5.86. The maximum atomic E-state index is 6.05. The third kappa shape index (κ3) is 9.86. The Kier molecular flexibility index (Phi) is 11.9. The van der Waals surface area contributed by atoms with Gasteiger partial charge in [0, 0.05) is 52.7 Å². The van der Waals surface area contributed by atoms with Crippen molar-refractivity contribution < 1.29 is 18.9 Å². The van der Waals surface area contributed by atoms with E-state index in [1.807, 2.05) is 0 Å². The molecule has 2 N–H and O–H groups in total. The first-order valence-electron chi connectivity index (χ1n) is 12.3. The van der Waals surface area contributed by atoms with E-state index >= 15 is 0 Å². The molecule has 0 aromatic heterocycles. The SMILES string of the molecule is CCNC(=NCc1cccc(COC2CCOCC2)c1)NCCCOCC1CCOCC1. The molecule has 32 heavy (non-hydrogen) atoms. The summed E-state index contributed by atoms with van der Waals surface area (Å²) in [6.07, 6.45) is 5.50. The molecule has 7 heteroatoms. The minimum absolute atomic E-state index is 0.315. The molecule has 3 rings (SSSR count). The van der Waals surface area contributed by atoms with Crippen molar-refractivity contribution in [1.29, 1.82) is 0 Å². The van der Waals surface area contributed by atoms with Gasteiger partial charge in [0.2, 0.25) is 0 Å². The molecule has 2 fully saturated rings. The average Bonchev–Trinajstić information content (AvgIpc) is 2.85. The fraction of sp³-hybridized carbons (Fsp3) is 0.720. The first-order valence-corrected chi connectivity index (χ1v) is 12.3. The highest BCUT2D eigenvalue weighted by atomic mass is 16.5. The Morgan fingerprint density at radius 1 is 1.03 bits per heavy atom. The van der Waals surface area contributed by atoms with Crippen LogP contribution in [0.25, 0.3) is 0 Å². The second-order valence-electron chi connectivity index (χ2n) is 8.55. The molecule has 0 radical (unpaired) electrons. The van der Waals surface area contributed by atoms with E-state index in [4.69, 9.17) is 23.9 Å². The Bertz CT molecular complexity index is 658. The second kappa shape index (κ2) is 15.2. The van der Waals surface area contributed by atoms with Gasteiger partial charge < -0.3 is 29.6 Å². The van der Waals surface area contributed by atoms with Crippen molar-refractivity contribution in [2.24, 2.45) is 10.9 Å². The van der Waals surface area contributed by atoms with Crippen LogP contribution in [0.4, 0.5) is 0 Å². The first-order chi connectivity index (χ1) is 15.8. The van der Waals surface area contributed by atoms with Gasteiger partial charge in [-0.2, -0.15) is 0 Å². The lowest BCUT2D eigenvalue weighted by molar-refractivity contribution is -0.0390. The zero-order chi connectivity index (χ0) is 22.3. The predicted octanol–water partition coefficient (Wildman–Crippen LogP) is 3.27. The maximum absolute atomic E-state index is 6.05. The molecule has 0 spiro atoms. The summed E-state index contributed by atoms with van der Waals surface area (Å²) in [4.78, 5) is 4.75. The summed E-state index contributed by atoms with van der Waals surface area (Å²) in [5.41, 5.74) is 2.39. The van der Waals surface area contributed by atoms with Gasteiger partial charge in [-0.1, -0.05) is 24.3 Å². The van der Waals surface area contributed by atoms with E-state index in [1.54, 1.807) is 0 Å². The standard InChI is InChI=1S/C25H41N3O4/c1-2-26-25(27-11-4-12-31-19-21-7-13-29-14-8-21)28-18-22-5-3-6-23(17-22)20-32-24-9-15-30-16-10-24/h3,5-6,17,21,24H,2,4,7-16,18-20H2,1H3,(H2,26,27,28). The number of guanidine groups is 1. The van der Waals surface area contributed by atoms with Gasteiger partial charge in [-0.05, 0) is 56.1 Å². The molecule has 2 heterocycles. The number of rotatable bonds is 12. The van der Waals surface area contributed by atoms with Crippen LogP contribution < -0.4 is 10.6 Å². The van der Waals surface area contributed by atoms with Gasteiger partial charge in [-0.3, -0.25) is 0 Å². The Hall–Kier alpha value is -1.67. The molecule has 0 unspecified atom stereocenters. The molecule has 7 nitrogen and oxygen atoms in total. The molecule has 0 atom stereocenters. The van der Waals surface area contributed by atoms with E-state index in [2.05, 4.69) is 41.8 Å². The molecule has 0 bridgehead atoms. The van der Waals surface area contributed by atoms with Gasteiger partial charge >= 0.3 is 0 Å². The zero-order valence-corrected chi connectivity index (χ0v) is 19.7. The van der Waals surface area contributed by atoms with Gasteiger partial charge in [0.25, 0.3) is 0 Å². The average molecular weight is 448 g/mol. The monoisotopic (exact) mass is 447 g/mol. The highest BCUT2D eigenvalue weighted by Gasteiger charge is 2.14. The van der Waals surface area contributed by atoms with E-state index in [1.165, 1.54) is 11.1 Å². The smallest absolute Gasteiger partial charge is 0.191 e. The Labute approximate surface area is 193 Å². The molecule has 1 aromatic rings. The summed E-state index contributed by atoms with van der Waals surface area (Å²) >= 11 is 0. The van der Waals surface area contributed by atoms with Crippen molar-refractivity contribution in [3.63, 3.8) is 0 Å². The fourth-order valence-electron chi connectivity index (χ4n) is 3.93. The normalized spacial score (nSPS) is 18.6. The quantitative estimate of drug-likeness (QED) is 0.291. The van der Waals surface area contributed by atoms with Crippen LogP contribution in [0.15, 0.2) is 29.3 Å². The summed E-state index contributed by atoms with van der Waals surface area (Å²) in [7, 11) is 0. The van der Waals surface area contributed by atoms with Gasteiger partial charge in [0.1, 0.15) is 0 Å². The van der Waals surface area contributed by atoms with Crippen molar-refractivity contribution in [2.45, 2.75) is 58.3 Å². The third-order valence-electron chi connectivity index (χ3n) is 5.86. The van der Waals surface area contributed by atoms with Crippen LogP contribution in [0.2, 0.25) is 0 Å². The molecular weight excluding hydrogens is 406 g/mol. The molecule has 2 saturated heterocycles. The fourth-order valence-corrected chi connectivity index (χ4v) is 3.93. The van der Waals surface area contributed by atoms with Crippen LogP contribution in [0.1, 0.15) is 50.2 Å². The highest BCUT2D eigenvalue weighted by Crippen LogP contribution is 2.15. The Balaban J connectivity index is 1.35. The van der Waals surface area contributed by atoms with E-state index < -0.39 is 0 Å². The molecule has 0 amide bonds. The Morgan fingerprint density at radius 2 is 1.78 bits per heavy atom. The molecule has 0 aliphatic carbocycles. The molecule has 2 aliphatic rings. The molecule has 2 aliphatic heterocycles. The lowest BCUT2D eigenvalue weighted by Gasteiger charge is -2.22. The van der Waals surface area contributed by atoms with Crippen molar-refractivity contribution in [3.05, 3.63) is 35.4 Å². The minimum atomic E-state index is 0.315. The maximum Gasteiger partial charge on any atom is 0.191 e. The second-order valence-corrected chi connectivity index (χ2v) is 8.55. The first kappa shape index (κ1) is 25.0. The summed E-state index contributed by atoms with van der Waals surface area (Å²) in [5.74, 6) is 1.51. The topological polar surface area (TPSA) is 73.3 Å². The van der Waals surface area contributed by atoms with Crippen LogP contribution in [0, 0.1) is 5.92 Å². The van der Waals surface area contributed by atoms with E-state index in [9.17, 15) is 0 Å². The van der Waals surface area contributed by atoms with Crippen molar-refractivity contribution >= 4 is 5.96 Å². The highest BCUT2D eigenvalue weighted by molar-refractivity contribution is 5.79. The van der Waals surface area contributed by atoms with Crippen molar-refractivity contribution in [2.75, 3.05) is 52.7 Å². The number of ether oxygens (including phenoxy) is 4. The molecular formula is C25H41N3O4. The molecule has 0 saturated carbocycles. The van der Waals surface area contributed by atoms with Gasteiger partial charge in [-0.15, -0.1) is 0 Å². The molecule has 1 aromatic carbocycles. The summed E-state index contributed by atoms with van der Waals surface area (Å²) in [5, 5.41) is 6.74. The lowest BCUT2D eigenvalue weighted by atomic mass is 10.0. The number of benzene rings is 1. The number of hydrogen-bond donors (Lipinski definition) is 2. The van der Waals surface area contributed by atoms with E-state index in [-0.39, 0.29) is 0 Å². The van der Waals surface area contributed by atoms with Crippen molar-refractivity contribution in [1.82, 2.24) is 10.6 Å². The van der Waals surface area contributed by atoms with Gasteiger partial charge in [0.15, 0.2) is 5.96 Å². The summed E-state index contributed by atoms with van der Waals surface area (Å²) in [6, 6.07) is 8.52. The van der Waals surface area contributed by atoms with Gasteiger partial charge in [-0.25, -0.2) is 4.99 Å². The summed E-state index contributed by atoms with van der Waals surface area (Å²) < 4.78 is 22.7. The van der Waals surface area contributed by atoms with Crippen LogP contribution in [0.5, 0.6) is 0 Å². The summed E-state index contributed by atoms with van der Waals surface area (Å²) in [6.45, 7) is 10.1. The van der Waals surface area contributed by atoms with Crippen molar-refractivity contribution in [3.8, 4) is 0 Å². The van der Waals surface area contributed by atoms with E-state index in [0.717, 1.165) is 90.8 Å².